The normalized spacial score (nSPS) is 26.2. The first-order valence-electron chi connectivity index (χ1n) is 6.24. The lowest BCUT2D eigenvalue weighted by Gasteiger charge is -2.26. The fourth-order valence-corrected chi connectivity index (χ4v) is 5.33. The predicted octanol–water partition coefficient (Wildman–Crippen LogP) is 1.61. The van der Waals surface area contributed by atoms with Gasteiger partial charge in [0.15, 0.2) is 0 Å². The minimum atomic E-state index is -3.85. The topological polar surface area (TPSA) is 102 Å². The van der Waals surface area contributed by atoms with Crippen LogP contribution in [0.3, 0.4) is 0 Å². The van der Waals surface area contributed by atoms with Crippen LogP contribution >= 0.6 is 31.9 Å². The summed E-state index contributed by atoms with van der Waals surface area (Å²) in [4.78, 5) is -0.0409. The number of aliphatic hydroxyl groups is 1. The molecule has 0 amide bonds. The Bertz CT molecular complexity index is 630. The molecule has 0 aromatic heterocycles. The summed E-state index contributed by atoms with van der Waals surface area (Å²) in [5, 5.41) is 10.4. The van der Waals surface area contributed by atoms with Crippen LogP contribution in [0.1, 0.15) is 13.3 Å². The maximum Gasteiger partial charge on any atom is 0.243 e. The molecule has 2 atom stereocenters. The summed E-state index contributed by atoms with van der Waals surface area (Å²) >= 11 is 6.44. The summed E-state index contributed by atoms with van der Waals surface area (Å²) in [6.45, 7) is 1.99. The van der Waals surface area contributed by atoms with Gasteiger partial charge in [0.05, 0.1) is 11.8 Å². The summed E-state index contributed by atoms with van der Waals surface area (Å²) in [7, 11) is -3.85. The molecule has 1 heterocycles. The van der Waals surface area contributed by atoms with Crippen molar-refractivity contribution in [3.63, 3.8) is 0 Å². The van der Waals surface area contributed by atoms with Gasteiger partial charge in [0.2, 0.25) is 10.0 Å². The monoisotopic (exact) mass is 442 g/mol. The lowest BCUT2D eigenvalue weighted by molar-refractivity contribution is -0.0228. The zero-order valence-electron chi connectivity index (χ0n) is 11.3. The number of anilines is 1. The van der Waals surface area contributed by atoms with E-state index in [1.54, 1.807) is 13.0 Å². The lowest BCUT2D eigenvalue weighted by Crippen LogP contribution is -2.47. The number of ether oxygens (including phenoxy) is 1. The summed E-state index contributed by atoms with van der Waals surface area (Å²) in [5.41, 5.74) is 4.70. The Morgan fingerprint density at radius 3 is 2.71 bits per heavy atom. The summed E-state index contributed by atoms with van der Waals surface area (Å²) in [6.07, 6.45) is -0.0425. The largest absolute Gasteiger partial charge is 0.398 e. The Morgan fingerprint density at radius 2 is 2.19 bits per heavy atom. The standard InChI is InChI=1S/C12H16Br2N2O4S/c1-7-12(17,2-3-20-7)6-16-21(18,19)11-9(14)4-8(13)5-10(11)15/h4-5,7,16-17H,2-3,6,15H2,1H3. The Hall–Kier alpha value is -0.190. The summed E-state index contributed by atoms with van der Waals surface area (Å²) in [5.74, 6) is 0. The van der Waals surface area contributed by atoms with Crippen molar-refractivity contribution in [3.8, 4) is 0 Å². The van der Waals surface area contributed by atoms with Crippen LogP contribution in [0.25, 0.3) is 0 Å². The molecule has 1 fully saturated rings. The number of nitrogen functional groups attached to an aromatic ring is 1. The van der Waals surface area contributed by atoms with E-state index in [0.717, 1.165) is 0 Å². The van der Waals surface area contributed by atoms with E-state index in [-0.39, 0.29) is 17.1 Å². The van der Waals surface area contributed by atoms with Crippen LogP contribution in [0.5, 0.6) is 0 Å². The molecule has 21 heavy (non-hydrogen) atoms. The fraction of sp³-hybridized carbons (Fsp3) is 0.500. The molecule has 0 bridgehead atoms. The Kier molecular flexibility index (Phi) is 5.01. The van der Waals surface area contributed by atoms with E-state index in [2.05, 4.69) is 36.6 Å². The Morgan fingerprint density at radius 1 is 1.52 bits per heavy atom. The third kappa shape index (κ3) is 3.59. The number of nitrogens with two attached hydrogens (primary N) is 1. The van der Waals surface area contributed by atoms with Gasteiger partial charge in [-0.3, -0.25) is 0 Å². The molecule has 0 aliphatic carbocycles. The van der Waals surface area contributed by atoms with Crippen molar-refractivity contribution >= 4 is 47.6 Å². The highest BCUT2D eigenvalue weighted by Crippen LogP contribution is 2.32. The smallest absolute Gasteiger partial charge is 0.243 e. The van der Waals surface area contributed by atoms with Crippen molar-refractivity contribution in [1.82, 2.24) is 4.72 Å². The van der Waals surface area contributed by atoms with Gasteiger partial charge < -0.3 is 15.6 Å². The highest BCUT2D eigenvalue weighted by Gasteiger charge is 2.40. The van der Waals surface area contributed by atoms with Gasteiger partial charge in [0.1, 0.15) is 10.5 Å². The predicted molar refractivity (Wildman–Crippen MR) is 86.4 cm³/mol. The van der Waals surface area contributed by atoms with Crippen LogP contribution in [-0.4, -0.2) is 38.4 Å². The van der Waals surface area contributed by atoms with Crippen LogP contribution in [0.4, 0.5) is 5.69 Å². The third-order valence-electron chi connectivity index (χ3n) is 3.53. The van der Waals surface area contributed by atoms with E-state index in [4.69, 9.17) is 10.5 Å². The maximum absolute atomic E-state index is 12.4. The SMILES string of the molecule is CC1OCCC1(O)CNS(=O)(=O)c1c(N)cc(Br)cc1Br. The highest BCUT2D eigenvalue weighted by atomic mass is 79.9. The molecular weight excluding hydrogens is 428 g/mol. The zero-order valence-corrected chi connectivity index (χ0v) is 15.3. The molecule has 1 aliphatic rings. The maximum atomic E-state index is 12.4. The van der Waals surface area contributed by atoms with E-state index < -0.39 is 21.7 Å². The van der Waals surface area contributed by atoms with E-state index in [1.807, 2.05) is 0 Å². The van der Waals surface area contributed by atoms with Crippen molar-refractivity contribution in [2.24, 2.45) is 0 Å². The molecule has 4 N–H and O–H groups in total. The number of hydrogen-bond donors (Lipinski definition) is 3. The van der Waals surface area contributed by atoms with Crippen LogP contribution in [-0.2, 0) is 14.8 Å². The van der Waals surface area contributed by atoms with Gasteiger partial charge >= 0.3 is 0 Å². The second kappa shape index (κ2) is 6.13. The number of sulfonamides is 1. The van der Waals surface area contributed by atoms with Crippen LogP contribution in [0.15, 0.2) is 26.0 Å². The van der Waals surface area contributed by atoms with Gasteiger partial charge in [-0.1, -0.05) is 15.9 Å². The number of hydrogen-bond acceptors (Lipinski definition) is 5. The first kappa shape index (κ1) is 17.2. The molecule has 1 aromatic rings. The minimum Gasteiger partial charge on any atom is -0.398 e. The average molecular weight is 444 g/mol. The molecule has 1 saturated heterocycles. The first-order valence-corrected chi connectivity index (χ1v) is 9.31. The van der Waals surface area contributed by atoms with Crippen LogP contribution in [0, 0.1) is 0 Å². The molecule has 0 spiro atoms. The number of rotatable bonds is 4. The number of benzene rings is 1. The van der Waals surface area contributed by atoms with Crippen molar-refractivity contribution in [1.29, 1.82) is 0 Å². The minimum absolute atomic E-state index is 0.0409. The molecule has 0 radical (unpaired) electrons. The quantitative estimate of drug-likeness (QED) is 0.613. The molecule has 9 heteroatoms. The molecule has 1 aromatic carbocycles. The van der Waals surface area contributed by atoms with E-state index in [9.17, 15) is 13.5 Å². The molecule has 0 saturated carbocycles. The average Bonchev–Trinajstić information content (AvgIpc) is 2.66. The van der Waals surface area contributed by atoms with Gasteiger partial charge in [-0.25, -0.2) is 13.1 Å². The molecule has 6 nitrogen and oxygen atoms in total. The van der Waals surface area contributed by atoms with E-state index in [1.165, 1.54) is 6.07 Å². The highest BCUT2D eigenvalue weighted by molar-refractivity contribution is 9.11. The van der Waals surface area contributed by atoms with Gasteiger partial charge in [-0.05, 0) is 35.0 Å². The van der Waals surface area contributed by atoms with Gasteiger partial charge in [-0.2, -0.15) is 0 Å². The molecule has 118 valence electrons. The molecule has 2 unspecified atom stereocenters. The van der Waals surface area contributed by atoms with Gasteiger partial charge in [0, 0.05) is 28.5 Å². The summed E-state index contributed by atoms with van der Waals surface area (Å²) in [6, 6.07) is 3.11. The third-order valence-corrected chi connectivity index (χ3v) is 6.40. The Balaban J connectivity index is 2.24. The van der Waals surface area contributed by atoms with Crippen molar-refractivity contribution in [2.45, 2.75) is 29.9 Å². The van der Waals surface area contributed by atoms with Gasteiger partial charge in [0.25, 0.3) is 0 Å². The number of halogens is 2. The van der Waals surface area contributed by atoms with E-state index >= 15 is 0 Å². The summed E-state index contributed by atoms with van der Waals surface area (Å²) < 4.78 is 33.5. The number of nitrogens with one attached hydrogen (secondary N) is 1. The molecule has 1 aliphatic heterocycles. The molecule has 2 rings (SSSR count). The Labute approximate surface area is 140 Å². The van der Waals surface area contributed by atoms with Crippen LogP contribution in [0.2, 0.25) is 0 Å². The second-order valence-electron chi connectivity index (χ2n) is 5.00. The van der Waals surface area contributed by atoms with Crippen LogP contribution < -0.4 is 10.5 Å². The fourth-order valence-electron chi connectivity index (χ4n) is 2.16. The van der Waals surface area contributed by atoms with Crippen molar-refractivity contribution < 1.29 is 18.3 Å². The lowest BCUT2D eigenvalue weighted by atomic mass is 9.97. The van der Waals surface area contributed by atoms with E-state index in [0.29, 0.717) is 22.0 Å². The second-order valence-corrected chi connectivity index (χ2v) is 8.47. The van der Waals surface area contributed by atoms with Crippen molar-refractivity contribution in [3.05, 3.63) is 21.1 Å². The molecular formula is C12H16Br2N2O4S. The zero-order chi connectivity index (χ0) is 15.8. The van der Waals surface area contributed by atoms with Gasteiger partial charge in [-0.15, -0.1) is 0 Å². The first-order chi connectivity index (χ1) is 9.66. The van der Waals surface area contributed by atoms with Crippen molar-refractivity contribution in [2.75, 3.05) is 18.9 Å².